The fourth-order valence-corrected chi connectivity index (χ4v) is 3.69. The lowest BCUT2D eigenvalue weighted by Crippen LogP contribution is -2.35. The lowest BCUT2D eigenvalue weighted by molar-refractivity contribution is 0.478. The van der Waals surface area contributed by atoms with E-state index in [-0.39, 0.29) is 0 Å². The second-order valence-corrected chi connectivity index (χ2v) is 6.39. The molecule has 2 aromatic rings. The number of anilines is 1. The summed E-state index contributed by atoms with van der Waals surface area (Å²) in [5.41, 5.74) is 5.13. The van der Waals surface area contributed by atoms with Crippen molar-refractivity contribution in [1.29, 1.82) is 0 Å². The number of fused-ring (bicyclic) bond motifs is 3. The van der Waals surface area contributed by atoms with Crippen LogP contribution in [0.15, 0.2) is 22.7 Å². The summed E-state index contributed by atoms with van der Waals surface area (Å²) in [5.74, 6) is 1.04. The molecule has 0 atom stereocenters. The molecule has 1 fully saturated rings. The van der Waals surface area contributed by atoms with Gasteiger partial charge in [-0.15, -0.1) is 0 Å². The molecule has 1 aliphatic heterocycles. The molecule has 5 heteroatoms. The van der Waals surface area contributed by atoms with Crippen molar-refractivity contribution in [2.75, 3.05) is 18.4 Å². The predicted octanol–water partition coefficient (Wildman–Crippen LogP) is 2.91. The van der Waals surface area contributed by atoms with Gasteiger partial charge < -0.3 is 10.6 Å². The maximum Gasteiger partial charge on any atom is 0.152 e. The largest absolute Gasteiger partial charge is 0.366 e. The summed E-state index contributed by atoms with van der Waals surface area (Å²) >= 11 is 3.65. The Morgan fingerprint density at radius 3 is 2.90 bits per heavy atom. The first-order valence-corrected chi connectivity index (χ1v) is 7.94. The molecule has 3 N–H and O–H groups in total. The highest BCUT2D eigenvalue weighted by Crippen LogP contribution is 2.41. The van der Waals surface area contributed by atoms with Gasteiger partial charge in [0.15, 0.2) is 5.82 Å². The van der Waals surface area contributed by atoms with E-state index >= 15 is 0 Å². The third-order valence-electron chi connectivity index (χ3n) is 4.29. The number of aromatic nitrogens is 2. The van der Waals surface area contributed by atoms with Gasteiger partial charge in [-0.25, -0.2) is 0 Å². The number of piperidine rings is 1. The van der Waals surface area contributed by atoms with Crippen LogP contribution in [0.1, 0.15) is 24.0 Å². The Balaban J connectivity index is 1.64. The zero-order valence-electron chi connectivity index (χ0n) is 11.2. The summed E-state index contributed by atoms with van der Waals surface area (Å²) in [4.78, 5) is 0. The van der Waals surface area contributed by atoms with Crippen LogP contribution in [-0.4, -0.2) is 29.3 Å². The van der Waals surface area contributed by atoms with Crippen LogP contribution in [-0.2, 0) is 6.42 Å². The molecule has 4 rings (SSSR count). The molecule has 0 unspecified atom stereocenters. The average Bonchev–Trinajstić information content (AvgIpc) is 3.02. The van der Waals surface area contributed by atoms with E-state index < -0.39 is 0 Å². The summed E-state index contributed by atoms with van der Waals surface area (Å²) in [5, 5.41) is 14.7. The third kappa shape index (κ3) is 1.96. The molecule has 1 aliphatic carbocycles. The van der Waals surface area contributed by atoms with Crippen LogP contribution in [0, 0.1) is 0 Å². The number of halogens is 1. The molecule has 104 valence electrons. The number of benzene rings is 1. The summed E-state index contributed by atoms with van der Waals surface area (Å²) in [7, 11) is 0. The Morgan fingerprint density at radius 2 is 2.05 bits per heavy atom. The van der Waals surface area contributed by atoms with Gasteiger partial charge in [-0.3, -0.25) is 5.10 Å². The number of hydrogen-bond acceptors (Lipinski definition) is 3. The Labute approximate surface area is 126 Å². The number of nitrogens with zero attached hydrogens (tertiary/aromatic N) is 1. The van der Waals surface area contributed by atoms with Crippen molar-refractivity contribution < 1.29 is 0 Å². The molecule has 0 amide bonds. The van der Waals surface area contributed by atoms with E-state index in [1.807, 2.05) is 0 Å². The minimum absolute atomic E-state index is 0.538. The fourth-order valence-electron chi connectivity index (χ4n) is 3.19. The van der Waals surface area contributed by atoms with E-state index in [1.165, 1.54) is 26.9 Å². The highest BCUT2D eigenvalue weighted by atomic mass is 79.9. The smallest absolute Gasteiger partial charge is 0.152 e. The number of rotatable bonds is 2. The monoisotopic (exact) mass is 332 g/mol. The molecular formula is C15H17BrN4. The fraction of sp³-hybridized carbons (Fsp3) is 0.400. The van der Waals surface area contributed by atoms with E-state index in [0.29, 0.717) is 6.04 Å². The zero-order chi connectivity index (χ0) is 13.5. The van der Waals surface area contributed by atoms with Gasteiger partial charge in [-0.1, -0.05) is 28.1 Å². The average molecular weight is 333 g/mol. The van der Waals surface area contributed by atoms with Crippen molar-refractivity contribution in [2.45, 2.75) is 25.3 Å². The summed E-state index contributed by atoms with van der Waals surface area (Å²) in [6.45, 7) is 2.19. The Kier molecular flexibility index (Phi) is 3.04. The molecule has 0 radical (unpaired) electrons. The van der Waals surface area contributed by atoms with Crippen LogP contribution in [0.5, 0.6) is 0 Å². The van der Waals surface area contributed by atoms with Crippen LogP contribution in [0.25, 0.3) is 11.3 Å². The highest BCUT2D eigenvalue weighted by Gasteiger charge is 2.27. The van der Waals surface area contributed by atoms with Crippen LogP contribution >= 0.6 is 15.9 Å². The Bertz CT molecular complexity index is 643. The maximum absolute atomic E-state index is 4.49. The summed E-state index contributed by atoms with van der Waals surface area (Å²) < 4.78 is 1.19. The molecule has 2 heterocycles. The van der Waals surface area contributed by atoms with Gasteiger partial charge in [-0.2, -0.15) is 5.10 Å². The standard InChI is InChI=1S/C15H17BrN4/c16-13-3-1-2-10-11(13)8-12-14(10)19-20-15(12)18-9-4-6-17-7-5-9/h1-3,9,17H,4-8H2,(H2,18,19,20). The van der Waals surface area contributed by atoms with E-state index in [0.717, 1.165) is 38.2 Å². The molecule has 2 aliphatic rings. The SMILES string of the molecule is Brc1cccc2c1Cc1c(NC3CCNCC3)n[nH]c1-2. The number of nitrogens with one attached hydrogen (secondary N) is 3. The molecule has 4 nitrogen and oxygen atoms in total. The van der Waals surface area contributed by atoms with Crippen molar-refractivity contribution in [3.05, 3.63) is 33.8 Å². The predicted molar refractivity (Wildman–Crippen MR) is 84.0 cm³/mol. The van der Waals surface area contributed by atoms with Gasteiger partial charge in [0.1, 0.15) is 0 Å². The van der Waals surface area contributed by atoms with Gasteiger partial charge in [0.25, 0.3) is 0 Å². The van der Waals surface area contributed by atoms with Gasteiger partial charge >= 0.3 is 0 Å². The summed E-state index contributed by atoms with van der Waals surface area (Å²) in [6.07, 6.45) is 3.28. The molecule has 1 aromatic carbocycles. The second kappa shape index (κ2) is 4.90. The molecule has 0 saturated carbocycles. The Morgan fingerprint density at radius 1 is 1.20 bits per heavy atom. The number of aromatic amines is 1. The van der Waals surface area contributed by atoms with Crippen molar-refractivity contribution in [1.82, 2.24) is 15.5 Å². The van der Waals surface area contributed by atoms with Gasteiger partial charge in [0.05, 0.1) is 5.69 Å². The minimum atomic E-state index is 0.538. The molecule has 20 heavy (non-hydrogen) atoms. The minimum Gasteiger partial charge on any atom is -0.366 e. The first-order valence-electron chi connectivity index (χ1n) is 7.15. The van der Waals surface area contributed by atoms with Crippen LogP contribution in [0.3, 0.4) is 0 Å². The lowest BCUT2D eigenvalue weighted by Gasteiger charge is -2.23. The number of H-pyrrole nitrogens is 1. The molecule has 1 saturated heterocycles. The zero-order valence-corrected chi connectivity index (χ0v) is 12.8. The van der Waals surface area contributed by atoms with Gasteiger partial charge in [0.2, 0.25) is 0 Å². The van der Waals surface area contributed by atoms with Gasteiger partial charge in [0, 0.05) is 28.1 Å². The lowest BCUT2D eigenvalue weighted by atomic mass is 10.1. The van der Waals surface area contributed by atoms with Crippen molar-refractivity contribution in [3.63, 3.8) is 0 Å². The molecular weight excluding hydrogens is 316 g/mol. The van der Waals surface area contributed by atoms with Gasteiger partial charge in [-0.05, 0) is 37.6 Å². The first kappa shape index (κ1) is 12.4. The summed E-state index contributed by atoms with van der Waals surface area (Å²) in [6, 6.07) is 6.89. The quantitative estimate of drug-likeness (QED) is 0.676. The highest BCUT2D eigenvalue weighted by molar-refractivity contribution is 9.10. The van der Waals surface area contributed by atoms with Crippen LogP contribution < -0.4 is 10.6 Å². The first-order chi connectivity index (χ1) is 9.83. The van der Waals surface area contributed by atoms with Crippen LogP contribution in [0.2, 0.25) is 0 Å². The molecule has 0 spiro atoms. The molecule has 1 aromatic heterocycles. The van der Waals surface area contributed by atoms with Crippen molar-refractivity contribution in [2.24, 2.45) is 0 Å². The van der Waals surface area contributed by atoms with Crippen molar-refractivity contribution >= 4 is 21.7 Å². The topological polar surface area (TPSA) is 52.7 Å². The third-order valence-corrected chi connectivity index (χ3v) is 5.03. The van der Waals surface area contributed by atoms with E-state index in [9.17, 15) is 0 Å². The maximum atomic E-state index is 4.49. The Hall–Kier alpha value is -1.33. The van der Waals surface area contributed by atoms with E-state index in [1.54, 1.807) is 0 Å². The van der Waals surface area contributed by atoms with E-state index in [2.05, 4.69) is 55.0 Å². The number of hydrogen-bond donors (Lipinski definition) is 3. The normalized spacial score (nSPS) is 17.9. The molecule has 0 bridgehead atoms. The van der Waals surface area contributed by atoms with E-state index in [4.69, 9.17) is 0 Å². The van der Waals surface area contributed by atoms with Crippen molar-refractivity contribution in [3.8, 4) is 11.3 Å². The van der Waals surface area contributed by atoms with Crippen LogP contribution in [0.4, 0.5) is 5.82 Å². The second-order valence-electron chi connectivity index (χ2n) is 5.54.